The van der Waals surface area contributed by atoms with Gasteiger partial charge in [0.2, 0.25) is 0 Å². The van der Waals surface area contributed by atoms with Crippen LogP contribution in [-0.4, -0.2) is 67.1 Å². The lowest BCUT2D eigenvalue weighted by Gasteiger charge is -2.43. The molecule has 180 valence electrons. The molecule has 1 spiro atoms. The molecule has 2 heterocycles. The lowest BCUT2D eigenvalue weighted by atomic mass is 9.71. The van der Waals surface area contributed by atoms with E-state index in [-0.39, 0.29) is 17.2 Å². The molecule has 0 aliphatic carbocycles. The zero-order valence-electron chi connectivity index (χ0n) is 20.2. The fourth-order valence-electron chi connectivity index (χ4n) is 4.70. The van der Waals surface area contributed by atoms with Gasteiger partial charge in [0.05, 0.1) is 17.8 Å². The van der Waals surface area contributed by atoms with Crippen molar-refractivity contribution < 1.29 is 9.59 Å². The molecule has 0 unspecified atom stereocenters. The summed E-state index contributed by atoms with van der Waals surface area (Å²) in [5, 5.41) is 4.26. The van der Waals surface area contributed by atoms with Gasteiger partial charge in [0.15, 0.2) is 0 Å². The first-order chi connectivity index (χ1) is 16.2. The Balaban J connectivity index is 1.84. The van der Waals surface area contributed by atoms with Crippen molar-refractivity contribution in [1.29, 1.82) is 0 Å². The van der Waals surface area contributed by atoms with E-state index in [0.717, 1.165) is 41.3 Å². The molecule has 6 nitrogen and oxygen atoms in total. The van der Waals surface area contributed by atoms with Gasteiger partial charge in [0.25, 0.3) is 11.8 Å². The van der Waals surface area contributed by atoms with Crippen molar-refractivity contribution in [2.24, 2.45) is 10.4 Å². The summed E-state index contributed by atoms with van der Waals surface area (Å²) in [7, 11) is 7.00. The average molecular weight is 499 g/mol. The minimum atomic E-state index is -0.183. The van der Waals surface area contributed by atoms with Crippen LogP contribution in [0.15, 0.2) is 41.4 Å². The molecule has 0 bridgehead atoms. The number of fused-ring (bicyclic) bond motifs is 1. The second kappa shape index (κ2) is 10.0. The summed E-state index contributed by atoms with van der Waals surface area (Å²) in [6, 6.07) is 11.3. The highest BCUT2D eigenvalue weighted by Gasteiger charge is 2.43. The molecule has 1 fully saturated rings. The highest BCUT2D eigenvalue weighted by Crippen LogP contribution is 2.46. The van der Waals surface area contributed by atoms with Gasteiger partial charge in [-0.1, -0.05) is 23.7 Å². The molecule has 1 saturated heterocycles. The van der Waals surface area contributed by atoms with Crippen LogP contribution in [0, 0.1) is 5.41 Å². The summed E-state index contributed by atoms with van der Waals surface area (Å²) < 4.78 is 0. The van der Waals surface area contributed by atoms with E-state index < -0.39 is 0 Å². The van der Waals surface area contributed by atoms with Gasteiger partial charge in [0, 0.05) is 44.2 Å². The summed E-state index contributed by atoms with van der Waals surface area (Å²) in [6.07, 6.45) is 2.63. The molecule has 0 aromatic heterocycles. The Labute approximate surface area is 210 Å². The first-order valence-electron chi connectivity index (χ1n) is 11.5. The second-order valence-corrected chi connectivity index (χ2v) is 11.1. The predicted octanol–water partition coefficient (Wildman–Crippen LogP) is 4.82. The van der Waals surface area contributed by atoms with Crippen molar-refractivity contribution in [3.8, 4) is 0 Å². The van der Waals surface area contributed by atoms with E-state index in [9.17, 15) is 9.59 Å². The number of aliphatic imine (C=N–C) groups is 1. The molecule has 2 aromatic carbocycles. The van der Waals surface area contributed by atoms with E-state index in [2.05, 4.69) is 5.32 Å². The molecule has 2 amide bonds. The van der Waals surface area contributed by atoms with Crippen LogP contribution in [-0.2, 0) is 13.0 Å². The number of amidine groups is 1. The van der Waals surface area contributed by atoms with Gasteiger partial charge in [-0.2, -0.15) is 11.8 Å². The number of nitrogens with one attached hydrogen (secondary N) is 1. The maximum Gasteiger partial charge on any atom is 0.255 e. The molecule has 2 aliphatic heterocycles. The van der Waals surface area contributed by atoms with Crippen molar-refractivity contribution in [2.75, 3.05) is 45.0 Å². The summed E-state index contributed by atoms with van der Waals surface area (Å²) in [5.74, 6) is 2.84. The normalized spacial score (nSPS) is 17.7. The van der Waals surface area contributed by atoms with Crippen molar-refractivity contribution in [3.05, 3.63) is 63.7 Å². The van der Waals surface area contributed by atoms with Gasteiger partial charge in [-0.15, -0.1) is 0 Å². The Hall–Kier alpha value is -2.51. The third-order valence-electron chi connectivity index (χ3n) is 6.61. The molecule has 34 heavy (non-hydrogen) atoms. The van der Waals surface area contributed by atoms with Crippen molar-refractivity contribution >= 4 is 46.7 Å². The maximum atomic E-state index is 13.1. The fourth-order valence-corrected chi connectivity index (χ4v) is 6.18. The van der Waals surface area contributed by atoms with Gasteiger partial charge in [-0.25, -0.2) is 0 Å². The molecule has 4 rings (SSSR count). The molecule has 0 atom stereocenters. The van der Waals surface area contributed by atoms with Gasteiger partial charge in [-0.3, -0.25) is 14.6 Å². The molecule has 0 radical (unpaired) electrons. The second-order valence-electron chi connectivity index (χ2n) is 9.40. The van der Waals surface area contributed by atoms with Crippen molar-refractivity contribution in [1.82, 2.24) is 9.80 Å². The zero-order valence-corrected chi connectivity index (χ0v) is 21.7. The quantitative estimate of drug-likeness (QED) is 0.656. The Morgan fingerprint density at radius 3 is 2.32 bits per heavy atom. The summed E-state index contributed by atoms with van der Waals surface area (Å²) in [5.41, 5.74) is 3.69. The fraction of sp³-hybridized carbons (Fsp3) is 0.423. The van der Waals surface area contributed by atoms with Gasteiger partial charge < -0.3 is 15.1 Å². The predicted molar refractivity (Wildman–Crippen MR) is 141 cm³/mol. The van der Waals surface area contributed by atoms with E-state index in [0.29, 0.717) is 34.8 Å². The summed E-state index contributed by atoms with van der Waals surface area (Å²) in [6.45, 7) is 0.500. The number of thioether (sulfide) groups is 1. The minimum absolute atomic E-state index is 0.0541. The third-order valence-corrected chi connectivity index (χ3v) is 7.83. The largest absolute Gasteiger partial charge is 0.345 e. The number of hydrogen-bond donors (Lipinski definition) is 1. The van der Waals surface area contributed by atoms with E-state index in [4.69, 9.17) is 16.6 Å². The topological polar surface area (TPSA) is 65.0 Å². The molecule has 2 aromatic rings. The van der Waals surface area contributed by atoms with Gasteiger partial charge in [0.1, 0.15) is 5.84 Å². The van der Waals surface area contributed by atoms with Crippen LogP contribution < -0.4 is 5.32 Å². The number of hydrogen-bond acceptors (Lipinski definition) is 4. The molecular formula is C26H31ClN4O2S. The van der Waals surface area contributed by atoms with E-state index in [1.165, 1.54) is 0 Å². The van der Waals surface area contributed by atoms with Gasteiger partial charge in [-0.05, 0) is 66.2 Å². The van der Waals surface area contributed by atoms with Crippen LogP contribution in [0.1, 0.15) is 44.7 Å². The molecule has 1 N–H and O–H groups in total. The molecule has 0 saturated carbocycles. The standard InChI is InChI=1S/C26H31ClN4O2S/c1-30(2)23(32)19-8-9-20(24(33)31(3)4)22-21(19)15-26(10-12-34-13-11-26)25(29-22)28-16-17-6-5-7-18(27)14-17/h5-9,14H,10-13,15-16H2,1-4H3,(H,28,29). The zero-order chi connectivity index (χ0) is 24.5. The Bertz CT molecular complexity index is 1140. The smallest absolute Gasteiger partial charge is 0.255 e. The monoisotopic (exact) mass is 498 g/mol. The molecule has 8 heteroatoms. The van der Waals surface area contributed by atoms with Gasteiger partial charge >= 0.3 is 0 Å². The first kappa shape index (κ1) is 24.6. The number of carbonyl (C=O) groups is 2. The number of rotatable bonds is 4. The van der Waals surface area contributed by atoms with Crippen LogP contribution in [0.3, 0.4) is 0 Å². The number of nitrogens with zero attached hydrogens (tertiary/aromatic N) is 3. The summed E-state index contributed by atoms with van der Waals surface area (Å²) >= 11 is 8.14. The van der Waals surface area contributed by atoms with Crippen LogP contribution in [0.2, 0.25) is 5.02 Å². The minimum Gasteiger partial charge on any atom is -0.345 e. The Morgan fingerprint density at radius 2 is 1.68 bits per heavy atom. The van der Waals surface area contributed by atoms with E-state index >= 15 is 0 Å². The number of anilines is 1. The Morgan fingerprint density at radius 1 is 1.03 bits per heavy atom. The lowest BCUT2D eigenvalue weighted by molar-refractivity contribution is 0.0815. The van der Waals surface area contributed by atoms with Crippen molar-refractivity contribution in [3.63, 3.8) is 0 Å². The average Bonchev–Trinajstić information content (AvgIpc) is 2.81. The lowest BCUT2D eigenvalue weighted by Crippen LogP contribution is -2.46. The van der Waals surface area contributed by atoms with E-state index in [1.807, 2.05) is 36.0 Å². The SMILES string of the molecule is CN(C)C(=O)c1ccc(C(=O)N(C)C)c2c1CC1(CCSCC1)C(=NCc1cccc(Cl)c1)N2. The highest BCUT2D eigenvalue weighted by atomic mass is 35.5. The summed E-state index contributed by atoms with van der Waals surface area (Å²) in [4.78, 5) is 34.3. The van der Waals surface area contributed by atoms with Crippen LogP contribution in [0.4, 0.5) is 5.69 Å². The third kappa shape index (κ3) is 4.82. The molecule has 2 aliphatic rings. The van der Waals surface area contributed by atoms with Crippen molar-refractivity contribution in [2.45, 2.75) is 25.8 Å². The first-order valence-corrected chi connectivity index (χ1v) is 13.0. The van der Waals surface area contributed by atoms with Crippen LogP contribution >= 0.6 is 23.4 Å². The highest BCUT2D eigenvalue weighted by molar-refractivity contribution is 7.99. The number of benzene rings is 2. The maximum absolute atomic E-state index is 13.1. The Kier molecular flexibility index (Phi) is 7.24. The number of amides is 2. The number of carbonyl (C=O) groups excluding carboxylic acids is 2. The molecular weight excluding hydrogens is 468 g/mol. The van der Waals surface area contributed by atoms with Crippen LogP contribution in [0.25, 0.3) is 0 Å². The van der Waals surface area contributed by atoms with E-state index in [1.54, 1.807) is 50.1 Å². The number of halogens is 1. The van der Waals surface area contributed by atoms with Crippen LogP contribution in [0.5, 0.6) is 0 Å².